The number of halogens is 1. The van der Waals surface area contributed by atoms with Crippen molar-refractivity contribution < 1.29 is 28.2 Å². The third-order valence-corrected chi connectivity index (χ3v) is 10.1. The van der Waals surface area contributed by atoms with Gasteiger partial charge in [0.1, 0.15) is 11.9 Å². The van der Waals surface area contributed by atoms with E-state index in [1.807, 2.05) is 43.3 Å². The third-order valence-electron chi connectivity index (χ3n) is 7.83. The minimum atomic E-state index is -3.43. The van der Waals surface area contributed by atoms with Crippen LogP contribution in [0.2, 0.25) is 18.6 Å². The van der Waals surface area contributed by atoms with Gasteiger partial charge >= 0.3 is 0 Å². The van der Waals surface area contributed by atoms with Gasteiger partial charge in [-0.2, -0.15) is 0 Å². The molecule has 41 heavy (non-hydrogen) atoms. The summed E-state index contributed by atoms with van der Waals surface area (Å²) < 4.78 is 35.1. The van der Waals surface area contributed by atoms with Crippen LogP contribution in [0.4, 0.5) is 4.11 Å². The van der Waals surface area contributed by atoms with E-state index in [9.17, 15) is 14.7 Å². The second-order valence-corrected chi connectivity index (χ2v) is 14.8. The average molecular weight is 583 g/mol. The Morgan fingerprint density at radius 2 is 1.88 bits per heavy atom. The molecule has 0 spiro atoms. The highest BCUT2D eigenvalue weighted by atomic mass is 28.4. The molecule has 0 fully saturated rings. The highest BCUT2D eigenvalue weighted by Crippen LogP contribution is 2.47. The molecule has 1 aromatic heterocycles. The Morgan fingerprint density at radius 3 is 2.51 bits per heavy atom. The van der Waals surface area contributed by atoms with Gasteiger partial charge in [-0.05, 0) is 49.0 Å². The number of aromatic nitrogens is 1. The molecular weight excluding hydrogens is 543 g/mol. The molecule has 1 amide bonds. The molecule has 8 nitrogen and oxygen atoms in total. The molecule has 2 heterocycles. The van der Waals surface area contributed by atoms with Crippen molar-refractivity contribution in [2.45, 2.75) is 50.7 Å². The molecule has 2 aromatic carbocycles. The Morgan fingerprint density at radius 1 is 1.15 bits per heavy atom. The fourth-order valence-corrected chi connectivity index (χ4v) is 7.44. The molecular formula is C31H39FN2O6Si. The summed E-state index contributed by atoms with van der Waals surface area (Å²) in [5, 5.41) is 9.65. The summed E-state index contributed by atoms with van der Waals surface area (Å²) in [5.74, 6) is 0.246. The third kappa shape index (κ3) is 6.71. The number of pyridine rings is 1. The van der Waals surface area contributed by atoms with Crippen molar-refractivity contribution in [2.24, 2.45) is 5.92 Å². The smallest absolute Gasteiger partial charge is 0.297 e. The van der Waals surface area contributed by atoms with Crippen LogP contribution in [0.25, 0.3) is 5.69 Å². The zero-order chi connectivity index (χ0) is 29.7. The van der Waals surface area contributed by atoms with Crippen molar-refractivity contribution in [3.8, 4) is 17.2 Å². The van der Waals surface area contributed by atoms with Gasteiger partial charge in [-0.3, -0.25) is 14.2 Å². The maximum absolute atomic E-state index is 16.0. The number of carbonyl (C=O) groups is 1. The molecule has 3 aromatic rings. The molecule has 1 unspecified atom stereocenters. The van der Waals surface area contributed by atoms with E-state index in [0.29, 0.717) is 18.0 Å². The van der Waals surface area contributed by atoms with Gasteiger partial charge < -0.3 is 28.3 Å². The number of rotatable bonds is 11. The van der Waals surface area contributed by atoms with E-state index in [1.165, 1.54) is 11.7 Å². The summed E-state index contributed by atoms with van der Waals surface area (Å²) in [7, 11) is -0.388. The minimum Gasteiger partial charge on any atom is -0.491 e. The largest absolute Gasteiger partial charge is 0.491 e. The first kappa shape index (κ1) is 30.5. The number of aliphatic hydroxyl groups excluding tert-OH is 1. The summed E-state index contributed by atoms with van der Waals surface area (Å²) in [4.78, 5) is 28.0. The second kappa shape index (κ2) is 13.0. The number of fused-ring (bicyclic) bond motifs is 1. The lowest BCUT2D eigenvalue weighted by molar-refractivity contribution is -0.133. The molecule has 0 saturated heterocycles. The quantitative estimate of drug-likeness (QED) is 0.256. The Balaban J connectivity index is 1.64. The van der Waals surface area contributed by atoms with E-state index in [4.69, 9.17) is 14.2 Å². The van der Waals surface area contributed by atoms with Crippen LogP contribution in [-0.4, -0.2) is 62.4 Å². The zero-order valence-corrected chi connectivity index (χ0v) is 25.2. The van der Waals surface area contributed by atoms with Crippen molar-refractivity contribution >= 4 is 14.3 Å². The van der Waals surface area contributed by atoms with Crippen LogP contribution >= 0.6 is 0 Å². The van der Waals surface area contributed by atoms with Gasteiger partial charge in [0.25, 0.3) is 5.56 Å². The topological polar surface area (TPSA) is 90.2 Å². The predicted octanol–water partition coefficient (Wildman–Crippen LogP) is 4.89. The number of ether oxygens (including phenoxy) is 3. The molecule has 220 valence electrons. The van der Waals surface area contributed by atoms with Gasteiger partial charge in [0.2, 0.25) is 14.3 Å². The lowest BCUT2D eigenvalue weighted by atomic mass is 9.86. The first-order chi connectivity index (χ1) is 19.6. The van der Waals surface area contributed by atoms with Crippen molar-refractivity contribution in [1.29, 1.82) is 0 Å². The number of carbonyl (C=O) groups excluding carboxylic acids is 1. The van der Waals surface area contributed by atoms with E-state index in [-0.39, 0.29) is 42.7 Å². The molecule has 10 heteroatoms. The Hall–Kier alpha value is -3.47. The first-order valence-electron chi connectivity index (χ1n) is 13.8. The SMILES string of the molecule is COc1cccn(-c2ccc3c(c2)[C@H](OC)[C@@H](C)[C@H](C(CC(=O)N(CCO)Cc2ccccc2)[Si](C)(C)F)O3)c1=O. The van der Waals surface area contributed by atoms with Gasteiger partial charge in [0.05, 0.1) is 19.8 Å². The van der Waals surface area contributed by atoms with Crippen LogP contribution in [0, 0.1) is 5.92 Å². The number of amides is 1. The lowest BCUT2D eigenvalue weighted by Crippen LogP contribution is -2.48. The van der Waals surface area contributed by atoms with E-state index in [2.05, 4.69) is 0 Å². The number of benzene rings is 2. The number of nitrogens with zero attached hydrogens (tertiary/aromatic N) is 2. The molecule has 0 bridgehead atoms. The van der Waals surface area contributed by atoms with Crippen LogP contribution in [0.15, 0.2) is 71.7 Å². The summed E-state index contributed by atoms with van der Waals surface area (Å²) in [6.07, 6.45) is 0.565. The van der Waals surface area contributed by atoms with Crippen molar-refractivity contribution in [3.63, 3.8) is 0 Å². The minimum absolute atomic E-state index is 0.0411. The highest BCUT2D eigenvalue weighted by Gasteiger charge is 2.48. The van der Waals surface area contributed by atoms with Crippen molar-refractivity contribution in [1.82, 2.24) is 9.47 Å². The number of hydrogen-bond acceptors (Lipinski definition) is 6. The van der Waals surface area contributed by atoms with Crippen LogP contribution < -0.4 is 15.0 Å². The maximum atomic E-state index is 16.0. The number of hydrogen-bond donors (Lipinski definition) is 1. The summed E-state index contributed by atoms with van der Waals surface area (Å²) in [5.41, 5.74) is 1.35. The first-order valence-corrected chi connectivity index (χ1v) is 16.8. The van der Waals surface area contributed by atoms with Gasteiger partial charge in [-0.25, -0.2) is 0 Å². The van der Waals surface area contributed by atoms with E-state index in [1.54, 1.807) is 55.6 Å². The highest BCUT2D eigenvalue weighted by molar-refractivity contribution is 6.72. The van der Waals surface area contributed by atoms with Gasteiger partial charge in [-0.15, -0.1) is 0 Å². The summed E-state index contributed by atoms with van der Waals surface area (Å²) in [6.45, 7) is 5.45. The van der Waals surface area contributed by atoms with E-state index in [0.717, 1.165) is 11.1 Å². The van der Waals surface area contributed by atoms with E-state index >= 15 is 4.11 Å². The lowest BCUT2D eigenvalue weighted by Gasteiger charge is -2.43. The van der Waals surface area contributed by atoms with Gasteiger partial charge in [-0.1, -0.05) is 37.3 Å². The molecule has 0 radical (unpaired) electrons. The normalized spacial score (nSPS) is 19.1. The van der Waals surface area contributed by atoms with E-state index < -0.39 is 26.2 Å². The number of aliphatic hydroxyl groups is 1. The zero-order valence-electron chi connectivity index (χ0n) is 24.2. The van der Waals surface area contributed by atoms with Gasteiger partial charge in [0.15, 0.2) is 5.75 Å². The molecule has 0 aliphatic carbocycles. The average Bonchev–Trinajstić information content (AvgIpc) is 2.95. The Labute approximate surface area is 241 Å². The molecule has 1 N–H and O–H groups in total. The fraction of sp³-hybridized carbons (Fsp3) is 0.419. The Kier molecular flexibility index (Phi) is 9.67. The summed E-state index contributed by atoms with van der Waals surface area (Å²) >= 11 is 0. The molecule has 1 aliphatic heterocycles. The van der Waals surface area contributed by atoms with Crippen molar-refractivity contribution in [3.05, 3.63) is 88.3 Å². The molecule has 4 atom stereocenters. The predicted molar refractivity (Wildman–Crippen MR) is 158 cm³/mol. The molecule has 1 aliphatic rings. The fourth-order valence-electron chi connectivity index (χ4n) is 5.63. The second-order valence-electron chi connectivity index (χ2n) is 11.0. The maximum Gasteiger partial charge on any atom is 0.297 e. The van der Waals surface area contributed by atoms with Crippen LogP contribution in [0.1, 0.15) is 30.6 Å². The number of methoxy groups -OCH3 is 2. The molecule has 4 rings (SSSR count). The van der Waals surface area contributed by atoms with Crippen LogP contribution in [0.3, 0.4) is 0 Å². The van der Waals surface area contributed by atoms with Crippen LogP contribution in [-0.2, 0) is 16.1 Å². The standard InChI is InChI=1S/C31H39FN2O6Si/c1-21-29(39-3)24-18-23(34-15-9-12-26(38-2)31(34)37)13-14-25(24)40-30(21)27(41(4,5)32)19-28(36)33(16-17-35)20-22-10-7-6-8-11-22/h6-15,18,21,27,29-30,35H,16-17,19-20H2,1-5H3/t21-,27?,29-,30-/m1/s1. The monoisotopic (exact) mass is 582 g/mol. The van der Waals surface area contributed by atoms with Crippen LogP contribution in [0.5, 0.6) is 11.5 Å². The summed E-state index contributed by atoms with van der Waals surface area (Å²) in [6, 6.07) is 18.2. The molecule has 0 saturated carbocycles. The Bertz CT molecular complexity index is 1390. The van der Waals surface area contributed by atoms with Gasteiger partial charge in [0, 0.05) is 55.5 Å². The van der Waals surface area contributed by atoms with Crippen molar-refractivity contribution in [2.75, 3.05) is 27.4 Å².